The maximum atomic E-state index is 12.4. The van der Waals surface area contributed by atoms with E-state index in [4.69, 9.17) is 0 Å². The first-order chi connectivity index (χ1) is 11.8. The number of hydrogen-bond acceptors (Lipinski definition) is 5. The van der Waals surface area contributed by atoms with Crippen LogP contribution in [0.4, 0.5) is 0 Å². The summed E-state index contributed by atoms with van der Waals surface area (Å²) in [6.07, 6.45) is 4.01. The van der Waals surface area contributed by atoms with Gasteiger partial charge in [-0.05, 0) is 17.7 Å². The van der Waals surface area contributed by atoms with Crippen LogP contribution >= 0.6 is 0 Å². The molecule has 1 aromatic carbocycles. The first-order valence-electron chi connectivity index (χ1n) is 7.80. The van der Waals surface area contributed by atoms with Crippen molar-refractivity contribution in [3.8, 4) is 5.69 Å². The van der Waals surface area contributed by atoms with Crippen LogP contribution in [0, 0.1) is 0 Å². The molecule has 1 aliphatic rings. The molecule has 8 nitrogen and oxygen atoms in total. The lowest BCUT2D eigenvalue weighted by Crippen LogP contribution is -2.28. The number of H-pyrrole nitrogens is 1. The summed E-state index contributed by atoms with van der Waals surface area (Å²) in [5, 5.41) is 17.4. The van der Waals surface area contributed by atoms with Crippen LogP contribution in [0.5, 0.6) is 0 Å². The molecule has 0 spiro atoms. The van der Waals surface area contributed by atoms with Crippen molar-refractivity contribution in [2.45, 2.75) is 19.5 Å². The fourth-order valence-corrected chi connectivity index (χ4v) is 2.79. The van der Waals surface area contributed by atoms with Crippen LogP contribution in [0.2, 0.25) is 0 Å². The SMILES string of the molecule is O=C(NCc1ccc(-n2cncn2)cc1)c1n[nH]c2c1CNCC2. The zero-order chi connectivity index (χ0) is 16.4. The molecule has 8 heteroatoms. The van der Waals surface area contributed by atoms with Crippen molar-refractivity contribution in [2.75, 3.05) is 6.54 Å². The fraction of sp³-hybridized carbons (Fsp3) is 0.250. The van der Waals surface area contributed by atoms with E-state index < -0.39 is 0 Å². The Balaban J connectivity index is 1.41. The normalized spacial score (nSPS) is 13.5. The molecule has 1 amide bonds. The van der Waals surface area contributed by atoms with Gasteiger partial charge in [0.1, 0.15) is 12.7 Å². The molecular weight excluding hydrogens is 306 g/mol. The molecule has 4 rings (SSSR count). The van der Waals surface area contributed by atoms with Crippen molar-refractivity contribution in [3.63, 3.8) is 0 Å². The van der Waals surface area contributed by atoms with Gasteiger partial charge in [0.15, 0.2) is 5.69 Å². The molecule has 3 heterocycles. The molecule has 3 aromatic rings. The minimum atomic E-state index is -0.156. The van der Waals surface area contributed by atoms with Crippen molar-refractivity contribution in [1.29, 1.82) is 0 Å². The molecule has 0 aliphatic carbocycles. The summed E-state index contributed by atoms with van der Waals surface area (Å²) in [5.74, 6) is -0.156. The summed E-state index contributed by atoms with van der Waals surface area (Å²) in [6.45, 7) is 2.04. The lowest BCUT2D eigenvalue weighted by atomic mass is 10.1. The van der Waals surface area contributed by atoms with Gasteiger partial charge >= 0.3 is 0 Å². The van der Waals surface area contributed by atoms with E-state index in [1.807, 2.05) is 24.3 Å². The maximum absolute atomic E-state index is 12.4. The van der Waals surface area contributed by atoms with Gasteiger partial charge in [-0.15, -0.1) is 0 Å². The molecule has 0 saturated heterocycles. The lowest BCUT2D eigenvalue weighted by molar-refractivity contribution is 0.0944. The molecule has 3 N–H and O–H groups in total. The van der Waals surface area contributed by atoms with Crippen LogP contribution < -0.4 is 10.6 Å². The van der Waals surface area contributed by atoms with Crippen LogP contribution in [0.1, 0.15) is 27.3 Å². The van der Waals surface area contributed by atoms with Gasteiger partial charge in [0.25, 0.3) is 5.91 Å². The zero-order valence-corrected chi connectivity index (χ0v) is 13.0. The Morgan fingerprint density at radius 2 is 2.17 bits per heavy atom. The summed E-state index contributed by atoms with van der Waals surface area (Å²) < 4.78 is 1.69. The number of amides is 1. The monoisotopic (exact) mass is 323 g/mol. The average Bonchev–Trinajstić information content (AvgIpc) is 3.30. The molecule has 0 radical (unpaired) electrons. The van der Waals surface area contributed by atoms with Gasteiger partial charge in [-0.2, -0.15) is 10.2 Å². The Hall–Kier alpha value is -3.00. The Morgan fingerprint density at radius 3 is 2.96 bits per heavy atom. The second kappa shape index (κ2) is 6.25. The molecule has 2 aromatic heterocycles. The number of aromatic nitrogens is 5. The zero-order valence-electron chi connectivity index (χ0n) is 13.0. The summed E-state index contributed by atoms with van der Waals surface area (Å²) >= 11 is 0. The van der Waals surface area contributed by atoms with Crippen molar-refractivity contribution in [3.05, 3.63) is 59.4 Å². The third-order valence-corrected chi connectivity index (χ3v) is 4.09. The van der Waals surface area contributed by atoms with Crippen LogP contribution in [-0.2, 0) is 19.5 Å². The predicted octanol–water partition coefficient (Wildman–Crippen LogP) is 0.566. The van der Waals surface area contributed by atoms with E-state index in [9.17, 15) is 4.79 Å². The van der Waals surface area contributed by atoms with Gasteiger partial charge in [0.05, 0.1) is 5.69 Å². The summed E-state index contributed by atoms with van der Waals surface area (Å²) in [7, 11) is 0. The van der Waals surface area contributed by atoms with Gasteiger partial charge in [0.2, 0.25) is 0 Å². The molecule has 0 atom stereocenters. The number of hydrogen-bond donors (Lipinski definition) is 3. The number of rotatable bonds is 4. The van der Waals surface area contributed by atoms with E-state index >= 15 is 0 Å². The highest BCUT2D eigenvalue weighted by Gasteiger charge is 2.21. The van der Waals surface area contributed by atoms with Crippen LogP contribution in [0.15, 0.2) is 36.9 Å². The highest BCUT2D eigenvalue weighted by atomic mass is 16.1. The van der Waals surface area contributed by atoms with Gasteiger partial charge in [-0.3, -0.25) is 9.89 Å². The van der Waals surface area contributed by atoms with Gasteiger partial charge in [0, 0.05) is 37.3 Å². The third kappa shape index (κ3) is 2.79. The molecular formula is C16H17N7O. The molecule has 1 aliphatic heterocycles. The second-order valence-electron chi connectivity index (χ2n) is 5.65. The molecule has 0 fully saturated rings. The predicted molar refractivity (Wildman–Crippen MR) is 86.5 cm³/mol. The van der Waals surface area contributed by atoms with E-state index in [0.717, 1.165) is 35.5 Å². The van der Waals surface area contributed by atoms with E-state index in [1.54, 1.807) is 11.0 Å². The number of nitrogens with one attached hydrogen (secondary N) is 3. The standard InChI is InChI=1S/C16H17N7O/c24-16(15-13-8-17-6-5-14(13)21-22-15)19-7-11-1-3-12(4-2-11)23-10-18-9-20-23/h1-4,9-10,17H,5-8H2,(H,19,24)(H,21,22). The Bertz CT molecular complexity index is 836. The highest BCUT2D eigenvalue weighted by Crippen LogP contribution is 2.15. The number of carbonyl (C=O) groups is 1. The van der Waals surface area contributed by atoms with Crippen molar-refractivity contribution < 1.29 is 4.79 Å². The third-order valence-electron chi connectivity index (χ3n) is 4.09. The Kier molecular flexibility index (Phi) is 3.80. The average molecular weight is 323 g/mol. The highest BCUT2D eigenvalue weighted by molar-refractivity contribution is 5.94. The molecule has 0 unspecified atom stereocenters. The Labute approximate surface area is 138 Å². The van der Waals surface area contributed by atoms with Gasteiger partial charge in [-0.1, -0.05) is 12.1 Å². The number of nitrogens with zero attached hydrogens (tertiary/aromatic N) is 4. The summed E-state index contributed by atoms with van der Waals surface area (Å²) in [5.41, 5.74) is 4.44. The first-order valence-corrected chi connectivity index (χ1v) is 7.80. The number of aromatic amines is 1. The first kappa shape index (κ1) is 14.6. The van der Waals surface area contributed by atoms with E-state index in [0.29, 0.717) is 18.8 Å². The van der Waals surface area contributed by atoms with E-state index in [1.165, 1.54) is 6.33 Å². The van der Waals surface area contributed by atoms with Crippen LogP contribution in [0.3, 0.4) is 0 Å². The van der Waals surface area contributed by atoms with Crippen molar-refractivity contribution in [1.82, 2.24) is 35.6 Å². The maximum Gasteiger partial charge on any atom is 0.272 e. The molecule has 0 saturated carbocycles. The van der Waals surface area contributed by atoms with Gasteiger partial charge in [-0.25, -0.2) is 9.67 Å². The number of fused-ring (bicyclic) bond motifs is 1. The minimum absolute atomic E-state index is 0.156. The fourth-order valence-electron chi connectivity index (χ4n) is 2.79. The van der Waals surface area contributed by atoms with E-state index in [-0.39, 0.29) is 5.91 Å². The Morgan fingerprint density at radius 1 is 1.29 bits per heavy atom. The van der Waals surface area contributed by atoms with Gasteiger partial charge < -0.3 is 10.6 Å². The van der Waals surface area contributed by atoms with E-state index in [2.05, 4.69) is 30.9 Å². The smallest absolute Gasteiger partial charge is 0.272 e. The molecule has 24 heavy (non-hydrogen) atoms. The van der Waals surface area contributed by atoms with Crippen LogP contribution in [0.25, 0.3) is 5.69 Å². The quantitative estimate of drug-likeness (QED) is 0.651. The lowest BCUT2D eigenvalue weighted by Gasteiger charge is -2.13. The number of carbonyl (C=O) groups excluding carboxylic acids is 1. The second-order valence-corrected chi connectivity index (χ2v) is 5.65. The van der Waals surface area contributed by atoms with Crippen molar-refractivity contribution in [2.24, 2.45) is 0 Å². The molecule has 122 valence electrons. The largest absolute Gasteiger partial charge is 0.347 e. The topological polar surface area (TPSA) is 101 Å². The van der Waals surface area contributed by atoms with Crippen molar-refractivity contribution >= 4 is 5.91 Å². The minimum Gasteiger partial charge on any atom is -0.347 e. The molecule has 0 bridgehead atoms. The summed E-state index contributed by atoms with van der Waals surface area (Å²) in [4.78, 5) is 16.3. The summed E-state index contributed by atoms with van der Waals surface area (Å²) in [6, 6.07) is 7.80. The van der Waals surface area contributed by atoms with Crippen LogP contribution in [-0.4, -0.2) is 37.4 Å². The number of benzene rings is 1.